The number of rotatable bonds is 7. The quantitative estimate of drug-likeness (QED) is 0.325. The van der Waals surface area contributed by atoms with Crippen LogP contribution in [0, 0.1) is 5.82 Å². The Morgan fingerprint density at radius 1 is 1.00 bits per heavy atom. The lowest BCUT2D eigenvalue weighted by molar-refractivity contribution is 0.172. The maximum atomic E-state index is 13.5. The molecule has 1 aromatic heterocycles. The number of H-pyrrole nitrogens is 1. The average Bonchev–Trinajstić information content (AvgIpc) is 2.93. The lowest BCUT2D eigenvalue weighted by atomic mass is 10.1. The van der Waals surface area contributed by atoms with Crippen LogP contribution in [0.2, 0.25) is 0 Å². The van der Waals surface area contributed by atoms with Crippen molar-refractivity contribution >= 4 is 33.9 Å². The van der Waals surface area contributed by atoms with Crippen molar-refractivity contribution in [1.29, 1.82) is 0 Å². The topological polar surface area (TPSA) is 85.1 Å². The Hall–Kier alpha value is -4.31. The van der Waals surface area contributed by atoms with Gasteiger partial charge in [-0.1, -0.05) is 12.1 Å². The molecular weight excluding hydrogens is 509 g/mol. The number of benzene rings is 3. The summed E-state index contributed by atoms with van der Waals surface area (Å²) >= 11 is 5.77. The van der Waals surface area contributed by atoms with E-state index in [1.54, 1.807) is 50.6 Å². The van der Waals surface area contributed by atoms with E-state index in [0.717, 1.165) is 10.9 Å². The van der Waals surface area contributed by atoms with E-state index in [4.69, 9.17) is 31.2 Å². The van der Waals surface area contributed by atoms with Crippen LogP contribution in [0.3, 0.4) is 0 Å². The summed E-state index contributed by atoms with van der Waals surface area (Å²) in [5.41, 5.74) is 2.37. The zero-order valence-electron chi connectivity index (χ0n) is 20.9. The first-order chi connectivity index (χ1) is 18.4. The van der Waals surface area contributed by atoms with Gasteiger partial charge in [-0.25, -0.2) is 4.39 Å². The molecule has 0 spiro atoms. The highest BCUT2D eigenvalue weighted by Crippen LogP contribution is 2.34. The third kappa shape index (κ3) is 5.50. The Morgan fingerprint density at radius 3 is 2.45 bits per heavy atom. The highest BCUT2D eigenvalue weighted by atomic mass is 32.1. The van der Waals surface area contributed by atoms with Crippen LogP contribution in [0.5, 0.6) is 23.0 Å². The van der Waals surface area contributed by atoms with Gasteiger partial charge < -0.3 is 34.1 Å². The Labute approximate surface area is 223 Å². The van der Waals surface area contributed by atoms with Gasteiger partial charge in [0.1, 0.15) is 30.5 Å². The zero-order chi connectivity index (χ0) is 26.6. The number of nitrogens with zero attached hydrogens (tertiary/aromatic N) is 1. The number of hydrogen-bond acceptors (Lipinski definition) is 6. The second-order valence-electron chi connectivity index (χ2n) is 8.69. The molecule has 0 atom stereocenters. The van der Waals surface area contributed by atoms with Gasteiger partial charge in [0.15, 0.2) is 16.6 Å². The van der Waals surface area contributed by atoms with E-state index in [1.807, 2.05) is 17.0 Å². The fraction of sp³-hybridized carbons (Fsp3) is 0.214. The number of thiocarbonyl (C=S) groups is 1. The second kappa shape index (κ2) is 11.0. The van der Waals surface area contributed by atoms with Crippen LogP contribution in [0.1, 0.15) is 11.1 Å². The molecule has 0 radical (unpaired) electrons. The largest absolute Gasteiger partial charge is 0.497 e. The summed E-state index contributed by atoms with van der Waals surface area (Å²) in [6, 6.07) is 16.9. The van der Waals surface area contributed by atoms with Crippen molar-refractivity contribution in [3.05, 3.63) is 88.0 Å². The maximum absolute atomic E-state index is 13.5. The van der Waals surface area contributed by atoms with Crippen LogP contribution >= 0.6 is 12.2 Å². The molecular formula is C28H26FN3O5S. The number of nitrogens with one attached hydrogen (secondary N) is 2. The molecule has 2 heterocycles. The van der Waals surface area contributed by atoms with Crippen LogP contribution in [-0.4, -0.2) is 42.4 Å². The summed E-state index contributed by atoms with van der Waals surface area (Å²) in [5.74, 6) is 2.09. The highest BCUT2D eigenvalue weighted by molar-refractivity contribution is 7.80. The van der Waals surface area contributed by atoms with Gasteiger partial charge in [0.05, 0.1) is 32.0 Å². The van der Waals surface area contributed by atoms with E-state index in [1.165, 1.54) is 12.1 Å². The lowest BCUT2D eigenvalue weighted by Gasteiger charge is -2.27. The van der Waals surface area contributed by atoms with Crippen LogP contribution in [0.15, 0.2) is 65.5 Å². The van der Waals surface area contributed by atoms with Crippen molar-refractivity contribution in [3.63, 3.8) is 0 Å². The Morgan fingerprint density at radius 2 is 1.74 bits per heavy atom. The maximum Gasteiger partial charge on any atom is 0.253 e. The summed E-state index contributed by atoms with van der Waals surface area (Å²) < 4.78 is 35.7. The van der Waals surface area contributed by atoms with Gasteiger partial charge in [0.2, 0.25) is 0 Å². The molecule has 38 heavy (non-hydrogen) atoms. The minimum absolute atomic E-state index is 0.196. The minimum atomic E-state index is -0.329. The van der Waals surface area contributed by atoms with Gasteiger partial charge in [0.25, 0.3) is 5.56 Å². The summed E-state index contributed by atoms with van der Waals surface area (Å²) in [4.78, 5) is 17.9. The minimum Gasteiger partial charge on any atom is -0.497 e. The fourth-order valence-electron chi connectivity index (χ4n) is 4.22. The molecule has 0 aliphatic carbocycles. The predicted octanol–water partition coefficient (Wildman–Crippen LogP) is 4.85. The van der Waals surface area contributed by atoms with Gasteiger partial charge in [-0.2, -0.15) is 0 Å². The van der Waals surface area contributed by atoms with Gasteiger partial charge in [-0.05, 0) is 54.2 Å². The summed E-state index contributed by atoms with van der Waals surface area (Å²) in [6.07, 6.45) is 0. The summed E-state index contributed by atoms with van der Waals surface area (Å²) in [5, 5.41) is 4.38. The highest BCUT2D eigenvalue weighted by Gasteiger charge is 2.18. The van der Waals surface area contributed by atoms with Crippen molar-refractivity contribution in [2.75, 3.05) is 32.8 Å². The Kier molecular flexibility index (Phi) is 7.32. The molecule has 5 rings (SSSR count). The molecule has 0 saturated heterocycles. The molecule has 1 aliphatic rings. The third-order valence-electron chi connectivity index (χ3n) is 6.17. The van der Waals surface area contributed by atoms with E-state index in [0.29, 0.717) is 64.6 Å². The molecule has 2 N–H and O–H groups in total. The lowest BCUT2D eigenvalue weighted by Crippen LogP contribution is -2.35. The normalized spacial score (nSPS) is 12.2. The molecule has 0 unspecified atom stereocenters. The second-order valence-corrected chi connectivity index (χ2v) is 9.07. The average molecular weight is 536 g/mol. The number of ether oxygens (including phenoxy) is 4. The molecule has 196 valence electrons. The van der Waals surface area contributed by atoms with Crippen LogP contribution in [-0.2, 0) is 13.1 Å². The zero-order valence-corrected chi connectivity index (χ0v) is 21.7. The van der Waals surface area contributed by atoms with Crippen LogP contribution in [0.25, 0.3) is 10.9 Å². The van der Waals surface area contributed by atoms with Gasteiger partial charge >= 0.3 is 0 Å². The van der Waals surface area contributed by atoms with E-state index >= 15 is 0 Å². The molecule has 4 aromatic rings. The SMILES string of the molecule is COc1ccc(NC(=S)N(Cc2ccc(F)cc2)Cc2cc3cc4c(cc3[nH]c2=O)OCCO4)c(OC)c1. The number of hydrogen-bond donors (Lipinski definition) is 2. The van der Waals surface area contributed by atoms with Crippen LogP contribution < -0.4 is 29.8 Å². The van der Waals surface area contributed by atoms with E-state index in [-0.39, 0.29) is 17.9 Å². The van der Waals surface area contributed by atoms with Gasteiger partial charge in [-0.15, -0.1) is 0 Å². The molecule has 10 heteroatoms. The number of pyridine rings is 1. The van der Waals surface area contributed by atoms with Gasteiger partial charge in [0, 0.05) is 29.6 Å². The Balaban J connectivity index is 1.47. The van der Waals surface area contributed by atoms with E-state index < -0.39 is 0 Å². The first-order valence-corrected chi connectivity index (χ1v) is 12.3. The smallest absolute Gasteiger partial charge is 0.253 e. The molecule has 3 aromatic carbocycles. The molecule has 0 fully saturated rings. The number of anilines is 1. The number of methoxy groups -OCH3 is 2. The number of halogens is 1. The molecule has 0 amide bonds. The number of aromatic amines is 1. The fourth-order valence-corrected chi connectivity index (χ4v) is 4.46. The number of aromatic nitrogens is 1. The van der Waals surface area contributed by atoms with Gasteiger partial charge in [-0.3, -0.25) is 4.79 Å². The van der Waals surface area contributed by atoms with Crippen molar-refractivity contribution in [2.24, 2.45) is 0 Å². The molecule has 8 nitrogen and oxygen atoms in total. The Bertz CT molecular complexity index is 1540. The standard InChI is InChI=1S/C28H26FN3O5S/c1-34-21-7-8-22(24(13-21)35-2)31-28(38)32(15-17-3-5-20(29)6-4-17)16-19-11-18-12-25-26(37-10-9-36-25)14-23(18)30-27(19)33/h3-8,11-14H,9-10,15-16H2,1-2H3,(H,30,33)(H,31,38). The number of fused-ring (bicyclic) bond motifs is 2. The van der Waals surface area contributed by atoms with E-state index in [2.05, 4.69) is 10.3 Å². The molecule has 1 aliphatic heterocycles. The summed E-state index contributed by atoms with van der Waals surface area (Å²) in [7, 11) is 3.13. The third-order valence-corrected chi connectivity index (χ3v) is 6.53. The molecule has 0 bridgehead atoms. The van der Waals surface area contributed by atoms with Crippen molar-refractivity contribution < 1.29 is 23.3 Å². The van der Waals surface area contributed by atoms with E-state index in [9.17, 15) is 9.18 Å². The van der Waals surface area contributed by atoms with Crippen molar-refractivity contribution in [1.82, 2.24) is 9.88 Å². The first-order valence-electron chi connectivity index (χ1n) is 11.9. The van der Waals surface area contributed by atoms with Crippen molar-refractivity contribution in [3.8, 4) is 23.0 Å². The first kappa shape index (κ1) is 25.3. The van der Waals surface area contributed by atoms with Crippen LogP contribution in [0.4, 0.5) is 10.1 Å². The van der Waals surface area contributed by atoms with Crippen molar-refractivity contribution in [2.45, 2.75) is 13.1 Å². The summed E-state index contributed by atoms with van der Waals surface area (Å²) in [6.45, 7) is 1.46. The molecule has 0 saturated carbocycles. The monoisotopic (exact) mass is 535 g/mol. The predicted molar refractivity (Wildman–Crippen MR) is 147 cm³/mol.